The molecule has 0 bridgehead atoms. The smallest absolute Gasteiger partial charge is 0.125 e. The van der Waals surface area contributed by atoms with Gasteiger partial charge in [-0.2, -0.15) is 0 Å². The minimum Gasteiger partial charge on any atom is -0.493 e. The zero-order valence-electron chi connectivity index (χ0n) is 13.6. The molecule has 3 nitrogen and oxygen atoms in total. The molecule has 1 saturated carbocycles. The first-order valence-electron chi connectivity index (χ1n) is 8.18. The minimum absolute atomic E-state index is 0.0844. The fourth-order valence-corrected chi connectivity index (χ4v) is 3.74. The van der Waals surface area contributed by atoms with Crippen molar-refractivity contribution in [1.82, 2.24) is 5.32 Å². The van der Waals surface area contributed by atoms with Crippen LogP contribution in [-0.2, 0) is 0 Å². The molecule has 0 aromatic heterocycles. The van der Waals surface area contributed by atoms with E-state index < -0.39 is 0 Å². The molecule has 21 heavy (non-hydrogen) atoms. The normalized spacial score (nSPS) is 25.2. The highest BCUT2D eigenvalue weighted by Gasteiger charge is 2.41. The van der Waals surface area contributed by atoms with E-state index in [-0.39, 0.29) is 12.1 Å². The predicted molar refractivity (Wildman–Crippen MR) is 86.9 cm³/mol. The predicted octanol–water partition coefficient (Wildman–Crippen LogP) is 3.21. The molecular weight excluding hydrogens is 262 g/mol. The van der Waals surface area contributed by atoms with Gasteiger partial charge in [-0.05, 0) is 56.7 Å². The van der Waals surface area contributed by atoms with Gasteiger partial charge in [0.1, 0.15) is 5.75 Å². The first-order chi connectivity index (χ1) is 10.1. The summed E-state index contributed by atoms with van der Waals surface area (Å²) in [6.07, 6.45) is 4.46. The van der Waals surface area contributed by atoms with Crippen molar-refractivity contribution in [3.8, 4) is 5.75 Å². The Morgan fingerprint density at radius 1 is 1.33 bits per heavy atom. The zero-order chi connectivity index (χ0) is 15.3. The molecule has 0 saturated heterocycles. The van der Waals surface area contributed by atoms with Crippen LogP contribution in [0.5, 0.6) is 5.75 Å². The van der Waals surface area contributed by atoms with Gasteiger partial charge in [0.25, 0.3) is 0 Å². The highest BCUT2D eigenvalue weighted by Crippen LogP contribution is 2.37. The van der Waals surface area contributed by atoms with Crippen LogP contribution in [0.1, 0.15) is 43.7 Å². The summed E-state index contributed by atoms with van der Waals surface area (Å²) in [6, 6.07) is 6.25. The van der Waals surface area contributed by atoms with Gasteiger partial charge in [0, 0.05) is 5.54 Å². The fraction of sp³-hybridized carbons (Fsp3) is 0.667. The van der Waals surface area contributed by atoms with Gasteiger partial charge in [-0.25, -0.2) is 0 Å². The lowest BCUT2D eigenvalue weighted by Crippen LogP contribution is -2.51. The van der Waals surface area contributed by atoms with E-state index in [1.165, 1.54) is 24.0 Å². The lowest BCUT2D eigenvalue weighted by Gasteiger charge is -2.35. The Kier molecular flexibility index (Phi) is 5.65. The molecule has 2 atom stereocenters. The Morgan fingerprint density at radius 2 is 2.05 bits per heavy atom. The number of aliphatic hydroxyl groups excluding tert-OH is 1. The molecule has 118 valence electrons. The Morgan fingerprint density at radius 3 is 2.67 bits per heavy atom. The molecule has 0 amide bonds. The van der Waals surface area contributed by atoms with Crippen molar-refractivity contribution in [2.45, 2.75) is 52.0 Å². The number of hydrogen-bond acceptors (Lipinski definition) is 3. The number of para-hydroxylation sites is 1. The Labute approximate surface area is 128 Å². The zero-order valence-corrected chi connectivity index (χ0v) is 13.6. The van der Waals surface area contributed by atoms with E-state index in [9.17, 15) is 5.11 Å². The summed E-state index contributed by atoms with van der Waals surface area (Å²) >= 11 is 0. The maximum Gasteiger partial charge on any atom is 0.125 e. The van der Waals surface area contributed by atoms with Crippen molar-refractivity contribution < 1.29 is 9.84 Å². The number of benzene rings is 1. The number of hydrogen-bond donors (Lipinski definition) is 2. The van der Waals surface area contributed by atoms with Gasteiger partial charge in [0.2, 0.25) is 0 Å². The molecule has 2 rings (SSSR count). The second-order valence-corrected chi connectivity index (χ2v) is 6.29. The molecule has 1 aromatic carbocycles. The van der Waals surface area contributed by atoms with Gasteiger partial charge in [0.05, 0.1) is 13.2 Å². The van der Waals surface area contributed by atoms with Crippen LogP contribution >= 0.6 is 0 Å². The maximum atomic E-state index is 9.82. The van der Waals surface area contributed by atoms with E-state index >= 15 is 0 Å². The van der Waals surface area contributed by atoms with Gasteiger partial charge in [-0.3, -0.25) is 0 Å². The third-order valence-electron chi connectivity index (χ3n) is 4.89. The topological polar surface area (TPSA) is 41.5 Å². The molecule has 1 aliphatic carbocycles. The molecule has 0 radical (unpaired) electrons. The number of nitrogens with one attached hydrogen (secondary N) is 1. The van der Waals surface area contributed by atoms with Crippen LogP contribution < -0.4 is 10.1 Å². The average molecular weight is 291 g/mol. The summed E-state index contributed by atoms with van der Waals surface area (Å²) in [5.41, 5.74) is 2.31. The van der Waals surface area contributed by atoms with Crippen molar-refractivity contribution in [3.05, 3.63) is 29.3 Å². The van der Waals surface area contributed by atoms with E-state index in [4.69, 9.17) is 4.74 Å². The summed E-state index contributed by atoms with van der Waals surface area (Å²) in [7, 11) is 0. The molecular formula is C18H29NO2. The number of rotatable bonds is 7. The third-order valence-corrected chi connectivity index (χ3v) is 4.89. The number of ether oxygens (including phenoxy) is 1. The van der Waals surface area contributed by atoms with E-state index in [1.54, 1.807) is 0 Å². The fourth-order valence-electron chi connectivity index (χ4n) is 3.74. The van der Waals surface area contributed by atoms with E-state index in [2.05, 4.69) is 44.3 Å². The molecule has 0 heterocycles. The van der Waals surface area contributed by atoms with E-state index in [0.29, 0.717) is 5.92 Å². The lowest BCUT2D eigenvalue weighted by molar-refractivity contribution is 0.111. The second kappa shape index (κ2) is 7.28. The summed E-state index contributed by atoms with van der Waals surface area (Å²) in [6.45, 7) is 8.16. The van der Waals surface area contributed by atoms with E-state index in [0.717, 1.165) is 31.7 Å². The van der Waals surface area contributed by atoms with Crippen molar-refractivity contribution in [1.29, 1.82) is 0 Å². The number of aryl methyl sites for hydroxylation is 2. The largest absolute Gasteiger partial charge is 0.493 e. The summed E-state index contributed by atoms with van der Waals surface area (Å²) < 4.78 is 6.04. The SMILES string of the molecule is CCNC1(CO)CCCC1CCOc1c(C)cccc1C. The summed E-state index contributed by atoms with van der Waals surface area (Å²) in [4.78, 5) is 0. The molecule has 0 spiro atoms. The molecule has 1 fully saturated rings. The van der Waals surface area contributed by atoms with Crippen LogP contribution in [0.3, 0.4) is 0 Å². The van der Waals surface area contributed by atoms with Gasteiger partial charge in [-0.15, -0.1) is 0 Å². The second-order valence-electron chi connectivity index (χ2n) is 6.29. The summed E-state index contributed by atoms with van der Waals surface area (Å²) in [5.74, 6) is 1.53. The van der Waals surface area contributed by atoms with Gasteiger partial charge in [0.15, 0.2) is 0 Å². The van der Waals surface area contributed by atoms with Crippen molar-refractivity contribution >= 4 is 0 Å². The average Bonchev–Trinajstić information content (AvgIpc) is 2.86. The van der Waals surface area contributed by atoms with Crippen LogP contribution in [0.4, 0.5) is 0 Å². The van der Waals surface area contributed by atoms with Crippen molar-refractivity contribution in [2.75, 3.05) is 19.8 Å². The molecule has 2 N–H and O–H groups in total. The standard InChI is InChI=1S/C18H29NO2/c1-4-19-18(13-20)11-6-9-16(18)10-12-21-17-14(2)7-5-8-15(17)3/h5,7-8,16,19-20H,4,6,9-13H2,1-3H3. The maximum absolute atomic E-state index is 9.82. The summed E-state index contributed by atoms with van der Waals surface area (Å²) in [5, 5.41) is 13.3. The first-order valence-corrected chi connectivity index (χ1v) is 8.18. The first kappa shape index (κ1) is 16.3. The van der Waals surface area contributed by atoms with Crippen LogP contribution in [0, 0.1) is 19.8 Å². The number of likely N-dealkylation sites (N-methyl/N-ethyl adjacent to an activating group) is 1. The Hall–Kier alpha value is -1.06. The van der Waals surface area contributed by atoms with Crippen LogP contribution in [0.25, 0.3) is 0 Å². The van der Waals surface area contributed by atoms with Crippen LogP contribution in [0.15, 0.2) is 18.2 Å². The lowest BCUT2D eigenvalue weighted by atomic mass is 9.85. The third kappa shape index (κ3) is 3.58. The van der Waals surface area contributed by atoms with Crippen LogP contribution in [0.2, 0.25) is 0 Å². The Balaban J connectivity index is 1.93. The molecule has 2 unspecified atom stereocenters. The van der Waals surface area contributed by atoms with Gasteiger partial charge >= 0.3 is 0 Å². The monoisotopic (exact) mass is 291 g/mol. The van der Waals surface area contributed by atoms with E-state index in [1.807, 2.05) is 0 Å². The number of aliphatic hydroxyl groups is 1. The molecule has 1 aliphatic rings. The molecule has 3 heteroatoms. The molecule has 0 aliphatic heterocycles. The molecule has 1 aromatic rings. The highest BCUT2D eigenvalue weighted by atomic mass is 16.5. The quantitative estimate of drug-likeness (QED) is 0.810. The minimum atomic E-state index is -0.0844. The van der Waals surface area contributed by atoms with Gasteiger partial charge < -0.3 is 15.2 Å². The Bertz CT molecular complexity index is 440. The van der Waals surface area contributed by atoms with Crippen LogP contribution in [-0.4, -0.2) is 30.4 Å². The van der Waals surface area contributed by atoms with Gasteiger partial charge in [-0.1, -0.05) is 31.5 Å². The van der Waals surface area contributed by atoms with Crippen molar-refractivity contribution in [2.24, 2.45) is 5.92 Å². The van der Waals surface area contributed by atoms with Crippen molar-refractivity contribution in [3.63, 3.8) is 0 Å². The highest BCUT2D eigenvalue weighted by molar-refractivity contribution is 5.39.